The minimum atomic E-state index is -4.45. The molecule has 3 rings (SSSR count). The van der Waals surface area contributed by atoms with Gasteiger partial charge in [-0.3, -0.25) is 0 Å². The maximum atomic E-state index is 12.5. The van der Waals surface area contributed by atoms with Gasteiger partial charge in [0.1, 0.15) is 0 Å². The maximum Gasteiger partial charge on any atom is 0.445 e. The van der Waals surface area contributed by atoms with Crippen LogP contribution in [0.15, 0.2) is 30.3 Å². The second-order valence-corrected chi connectivity index (χ2v) is 7.23. The van der Waals surface area contributed by atoms with Crippen molar-refractivity contribution in [2.75, 3.05) is 11.9 Å². The molecule has 1 N–H and O–H groups in total. The SMILES string of the molecule is Cc1sc(CCNc2nnc(C(F)(F)F)s2)nc1-c1ccccc1. The van der Waals surface area contributed by atoms with Crippen molar-refractivity contribution in [3.63, 3.8) is 0 Å². The molecule has 0 aliphatic heterocycles. The molecule has 0 amide bonds. The van der Waals surface area contributed by atoms with Crippen LogP contribution in [0.25, 0.3) is 11.3 Å². The third kappa shape index (κ3) is 3.90. The molecule has 0 saturated heterocycles. The van der Waals surface area contributed by atoms with Crippen LogP contribution in [0, 0.1) is 6.92 Å². The Labute approximate surface area is 144 Å². The van der Waals surface area contributed by atoms with E-state index in [1.165, 1.54) is 0 Å². The Morgan fingerprint density at radius 2 is 1.83 bits per heavy atom. The molecule has 0 saturated carbocycles. The van der Waals surface area contributed by atoms with Crippen molar-refractivity contribution in [3.05, 3.63) is 45.2 Å². The predicted molar refractivity (Wildman–Crippen MR) is 89.4 cm³/mol. The van der Waals surface area contributed by atoms with Gasteiger partial charge in [0.15, 0.2) is 0 Å². The fourth-order valence-corrected chi connectivity index (χ4v) is 3.70. The zero-order valence-electron chi connectivity index (χ0n) is 12.6. The highest BCUT2D eigenvalue weighted by Crippen LogP contribution is 2.33. The lowest BCUT2D eigenvalue weighted by molar-refractivity contribution is -0.138. The van der Waals surface area contributed by atoms with E-state index in [1.54, 1.807) is 11.3 Å². The number of thiazole rings is 1. The molecule has 0 atom stereocenters. The summed E-state index contributed by atoms with van der Waals surface area (Å²) < 4.78 is 37.4. The molecule has 1 aromatic carbocycles. The van der Waals surface area contributed by atoms with Crippen molar-refractivity contribution in [1.29, 1.82) is 0 Å². The number of benzene rings is 1. The number of aromatic nitrogens is 3. The largest absolute Gasteiger partial charge is 0.445 e. The normalized spacial score (nSPS) is 11.7. The van der Waals surface area contributed by atoms with Crippen LogP contribution in [0.5, 0.6) is 0 Å². The first kappa shape index (κ1) is 16.8. The van der Waals surface area contributed by atoms with Crippen molar-refractivity contribution >= 4 is 27.8 Å². The lowest BCUT2D eigenvalue weighted by Crippen LogP contribution is -2.04. The average molecular weight is 370 g/mol. The molecule has 0 fully saturated rings. The molecule has 0 radical (unpaired) electrons. The van der Waals surface area contributed by atoms with Crippen molar-refractivity contribution in [2.45, 2.75) is 19.5 Å². The number of anilines is 1. The lowest BCUT2D eigenvalue weighted by Gasteiger charge is -2.00. The maximum absolute atomic E-state index is 12.5. The Kier molecular flexibility index (Phi) is 4.81. The number of hydrogen-bond donors (Lipinski definition) is 1. The van der Waals surface area contributed by atoms with Crippen molar-refractivity contribution < 1.29 is 13.2 Å². The Balaban J connectivity index is 1.61. The van der Waals surface area contributed by atoms with Gasteiger partial charge in [-0.15, -0.1) is 21.5 Å². The molecular weight excluding hydrogens is 357 g/mol. The number of nitrogens with zero attached hydrogens (tertiary/aromatic N) is 3. The van der Waals surface area contributed by atoms with E-state index < -0.39 is 11.2 Å². The molecule has 9 heteroatoms. The molecule has 4 nitrogen and oxygen atoms in total. The quantitative estimate of drug-likeness (QED) is 0.711. The summed E-state index contributed by atoms with van der Waals surface area (Å²) in [5, 5.41) is 9.66. The Morgan fingerprint density at radius 1 is 1.08 bits per heavy atom. The predicted octanol–water partition coefficient (Wildman–Crippen LogP) is 4.64. The number of alkyl halides is 3. The van der Waals surface area contributed by atoms with Crippen LogP contribution in [-0.4, -0.2) is 21.7 Å². The first-order valence-electron chi connectivity index (χ1n) is 7.10. The molecule has 0 aliphatic rings. The van der Waals surface area contributed by atoms with Crippen LogP contribution in [-0.2, 0) is 12.6 Å². The second kappa shape index (κ2) is 6.86. The third-order valence-electron chi connectivity index (χ3n) is 3.17. The summed E-state index contributed by atoms with van der Waals surface area (Å²) >= 11 is 2.09. The molecule has 0 unspecified atom stereocenters. The number of nitrogens with one attached hydrogen (secondary N) is 1. The minimum absolute atomic E-state index is 0.166. The van der Waals surface area contributed by atoms with E-state index in [2.05, 4.69) is 20.5 Å². The molecular formula is C15H13F3N4S2. The number of rotatable bonds is 5. The van der Waals surface area contributed by atoms with E-state index >= 15 is 0 Å². The van der Waals surface area contributed by atoms with Crippen LogP contribution in [0.3, 0.4) is 0 Å². The highest BCUT2D eigenvalue weighted by Gasteiger charge is 2.35. The lowest BCUT2D eigenvalue weighted by atomic mass is 10.1. The molecule has 0 bridgehead atoms. The fourth-order valence-electron chi connectivity index (χ4n) is 2.11. The van der Waals surface area contributed by atoms with E-state index in [1.807, 2.05) is 37.3 Å². The summed E-state index contributed by atoms with van der Waals surface area (Å²) in [6.45, 7) is 2.46. The molecule has 2 aromatic heterocycles. The second-order valence-electron chi connectivity index (χ2n) is 4.97. The number of aryl methyl sites for hydroxylation is 1. The first-order chi connectivity index (χ1) is 11.4. The zero-order chi connectivity index (χ0) is 17.2. The van der Waals surface area contributed by atoms with Crippen molar-refractivity contribution in [1.82, 2.24) is 15.2 Å². The standard InChI is InChI=1S/C15H13F3N4S2/c1-9-12(10-5-3-2-4-6-10)20-11(23-9)7-8-19-14-22-21-13(24-14)15(16,17)18/h2-6H,7-8H2,1H3,(H,19,22). The third-order valence-corrected chi connectivity index (χ3v) is 5.13. The van der Waals surface area contributed by atoms with Gasteiger partial charge in [-0.05, 0) is 6.92 Å². The van der Waals surface area contributed by atoms with Crippen molar-refractivity contribution in [3.8, 4) is 11.3 Å². The summed E-state index contributed by atoms with van der Waals surface area (Å²) in [5.74, 6) is 0. The van der Waals surface area contributed by atoms with E-state index in [4.69, 9.17) is 0 Å². The molecule has 0 aliphatic carbocycles. The van der Waals surface area contributed by atoms with Gasteiger partial charge in [0.05, 0.1) is 10.7 Å². The topological polar surface area (TPSA) is 50.7 Å². The van der Waals surface area contributed by atoms with E-state index in [9.17, 15) is 13.2 Å². The first-order valence-corrected chi connectivity index (χ1v) is 8.73. The van der Waals surface area contributed by atoms with Gasteiger partial charge in [-0.2, -0.15) is 13.2 Å². The van der Waals surface area contributed by atoms with Crippen LogP contribution in [0.2, 0.25) is 0 Å². The smallest absolute Gasteiger partial charge is 0.360 e. The van der Waals surface area contributed by atoms with E-state index in [0.717, 1.165) is 21.1 Å². The Hall–Kier alpha value is -2.00. The van der Waals surface area contributed by atoms with E-state index in [-0.39, 0.29) is 5.13 Å². The summed E-state index contributed by atoms with van der Waals surface area (Å²) in [4.78, 5) is 5.74. The molecule has 2 heterocycles. The monoisotopic (exact) mass is 370 g/mol. The summed E-state index contributed by atoms with van der Waals surface area (Å²) in [7, 11) is 0. The molecule has 3 aromatic rings. The van der Waals surface area contributed by atoms with Gasteiger partial charge >= 0.3 is 6.18 Å². The van der Waals surface area contributed by atoms with Gasteiger partial charge in [-0.25, -0.2) is 4.98 Å². The van der Waals surface area contributed by atoms with Gasteiger partial charge < -0.3 is 5.32 Å². The highest BCUT2D eigenvalue weighted by molar-refractivity contribution is 7.15. The number of hydrogen-bond acceptors (Lipinski definition) is 6. The Morgan fingerprint density at radius 3 is 2.50 bits per heavy atom. The van der Waals surface area contributed by atoms with Gasteiger partial charge in [0.25, 0.3) is 0 Å². The minimum Gasteiger partial charge on any atom is -0.360 e. The number of halogens is 3. The average Bonchev–Trinajstić information content (AvgIpc) is 3.15. The van der Waals surface area contributed by atoms with Gasteiger partial charge in [0, 0.05) is 23.4 Å². The van der Waals surface area contributed by atoms with Gasteiger partial charge in [-0.1, -0.05) is 41.7 Å². The fraction of sp³-hybridized carbons (Fsp3) is 0.267. The highest BCUT2D eigenvalue weighted by atomic mass is 32.1. The Bertz CT molecular complexity index is 812. The molecule has 24 heavy (non-hydrogen) atoms. The molecule has 0 spiro atoms. The van der Waals surface area contributed by atoms with Crippen molar-refractivity contribution in [2.24, 2.45) is 0 Å². The van der Waals surface area contributed by atoms with Crippen LogP contribution in [0.4, 0.5) is 18.3 Å². The van der Waals surface area contributed by atoms with E-state index in [0.29, 0.717) is 24.3 Å². The van der Waals surface area contributed by atoms with Crippen LogP contribution >= 0.6 is 22.7 Å². The summed E-state index contributed by atoms with van der Waals surface area (Å²) in [6.07, 6.45) is -3.84. The summed E-state index contributed by atoms with van der Waals surface area (Å²) in [6, 6.07) is 9.88. The zero-order valence-corrected chi connectivity index (χ0v) is 14.2. The van der Waals surface area contributed by atoms with Gasteiger partial charge in [0.2, 0.25) is 10.1 Å². The van der Waals surface area contributed by atoms with Crippen LogP contribution in [0.1, 0.15) is 14.9 Å². The molecule has 126 valence electrons. The summed E-state index contributed by atoms with van der Waals surface area (Å²) in [5.41, 5.74) is 2.01. The van der Waals surface area contributed by atoms with Crippen LogP contribution < -0.4 is 5.32 Å².